The van der Waals surface area contributed by atoms with Crippen molar-refractivity contribution in [1.82, 2.24) is 15.1 Å². The maximum Gasteiger partial charge on any atom is 0.0669 e. The van der Waals surface area contributed by atoms with Crippen LogP contribution < -0.4 is 5.32 Å². The number of rotatable bonds is 4. The smallest absolute Gasteiger partial charge is 0.0669 e. The van der Waals surface area contributed by atoms with Gasteiger partial charge in [-0.3, -0.25) is 4.68 Å². The van der Waals surface area contributed by atoms with Gasteiger partial charge in [-0.15, -0.1) is 0 Å². The second kappa shape index (κ2) is 5.65. The monoisotopic (exact) mass is 237 g/mol. The molecule has 17 heavy (non-hydrogen) atoms. The topological polar surface area (TPSA) is 39.1 Å². The minimum Gasteiger partial charge on any atom is -0.381 e. The van der Waals surface area contributed by atoms with Gasteiger partial charge in [0.05, 0.1) is 5.69 Å². The van der Waals surface area contributed by atoms with E-state index in [-0.39, 0.29) is 0 Å². The zero-order chi connectivity index (χ0) is 12.3. The summed E-state index contributed by atoms with van der Waals surface area (Å²) in [6, 6.07) is 0. The minimum atomic E-state index is 0.629. The first-order chi connectivity index (χ1) is 8.24. The number of likely N-dealkylation sites (N-methyl/N-ethyl adjacent to an activating group) is 1. The first kappa shape index (κ1) is 12.6. The van der Waals surface area contributed by atoms with Crippen molar-refractivity contribution in [2.75, 3.05) is 26.8 Å². The predicted molar refractivity (Wildman–Crippen MR) is 68.4 cm³/mol. The third-order valence-corrected chi connectivity index (χ3v) is 3.66. The van der Waals surface area contributed by atoms with Gasteiger partial charge in [0.25, 0.3) is 0 Å². The maximum absolute atomic E-state index is 5.43. The van der Waals surface area contributed by atoms with Gasteiger partial charge >= 0.3 is 0 Å². The lowest BCUT2D eigenvalue weighted by Crippen LogP contribution is -2.17. The van der Waals surface area contributed by atoms with Crippen LogP contribution in [-0.2, 0) is 18.2 Å². The number of nitrogens with one attached hydrogen (secondary N) is 1. The SMILES string of the molecule is CNCCc1nn(C)c(C2CCOCC2)c1C. The van der Waals surface area contributed by atoms with Crippen molar-refractivity contribution < 1.29 is 4.74 Å². The molecule has 4 heteroatoms. The maximum atomic E-state index is 5.43. The Labute approximate surface area is 103 Å². The number of hydrogen-bond acceptors (Lipinski definition) is 3. The molecule has 2 heterocycles. The fourth-order valence-electron chi connectivity index (χ4n) is 2.72. The first-order valence-electron chi connectivity index (χ1n) is 6.48. The molecule has 4 nitrogen and oxygen atoms in total. The number of ether oxygens (including phenoxy) is 1. The number of aromatic nitrogens is 2. The third-order valence-electron chi connectivity index (χ3n) is 3.66. The van der Waals surface area contributed by atoms with E-state index >= 15 is 0 Å². The molecule has 1 aliphatic heterocycles. The molecule has 0 amide bonds. The van der Waals surface area contributed by atoms with Crippen LogP contribution in [0.3, 0.4) is 0 Å². The Balaban J connectivity index is 2.17. The molecule has 1 N–H and O–H groups in total. The summed E-state index contributed by atoms with van der Waals surface area (Å²) >= 11 is 0. The van der Waals surface area contributed by atoms with E-state index in [1.165, 1.54) is 17.0 Å². The molecule has 0 spiro atoms. The lowest BCUT2D eigenvalue weighted by molar-refractivity contribution is 0.0836. The molecule has 0 atom stereocenters. The van der Waals surface area contributed by atoms with Crippen LogP contribution in [0.25, 0.3) is 0 Å². The van der Waals surface area contributed by atoms with Crippen LogP contribution in [0, 0.1) is 6.92 Å². The molecule has 1 saturated heterocycles. The lowest BCUT2D eigenvalue weighted by Gasteiger charge is -2.23. The third kappa shape index (κ3) is 2.69. The van der Waals surface area contributed by atoms with Crippen LogP contribution in [0.15, 0.2) is 0 Å². The van der Waals surface area contributed by atoms with Crippen molar-refractivity contribution in [2.45, 2.75) is 32.1 Å². The molecule has 96 valence electrons. The van der Waals surface area contributed by atoms with Crippen LogP contribution >= 0.6 is 0 Å². The molecule has 0 saturated carbocycles. The second-order valence-electron chi connectivity index (χ2n) is 4.82. The Morgan fingerprint density at radius 2 is 2.12 bits per heavy atom. The second-order valence-corrected chi connectivity index (χ2v) is 4.82. The van der Waals surface area contributed by atoms with Gasteiger partial charge in [-0.2, -0.15) is 5.10 Å². The van der Waals surface area contributed by atoms with Crippen molar-refractivity contribution >= 4 is 0 Å². The van der Waals surface area contributed by atoms with Crippen molar-refractivity contribution in [1.29, 1.82) is 0 Å². The Kier molecular flexibility index (Phi) is 4.18. The van der Waals surface area contributed by atoms with Gasteiger partial charge in [0.1, 0.15) is 0 Å². The van der Waals surface area contributed by atoms with Crippen molar-refractivity contribution in [3.05, 3.63) is 17.0 Å². The van der Waals surface area contributed by atoms with Crippen molar-refractivity contribution in [3.8, 4) is 0 Å². The highest BCUT2D eigenvalue weighted by molar-refractivity contribution is 5.28. The molecule has 0 aromatic carbocycles. The zero-order valence-corrected chi connectivity index (χ0v) is 11.1. The fourth-order valence-corrected chi connectivity index (χ4v) is 2.72. The molecular weight excluding hydrogens is 214 g/mol. The van der Waals surface area contributed by atoms with Crippen molar-refractivity contribution in [3.63, 3.8) is 0 Å². The summed E-state index contributed by atoms with van der Waals surface area (Å²) < 4.78 is 7.51. The lowest BCUT2D eigenvalue weighted by atomic mass is 9.93. The van der Waals surface area contributed by atoms with E-state index in [4.69, 9.17) is 4.74 Å². The van der Waals surface area contributed by atoms with E-state index in [1.807, 2.05) is 7.05 Å². The standard InChI is InChI=1S/C13H23N3O/c1-10-12(4-7-14-2)15-16(3)13(10)11-5-8-17-9-6-11/h11,14H,4-9H2,1-3H3. The summed E-state index contributed by atoms with van der Waals surface area (Å²) in [5, 5.41) is 7.84. The highest BCUT2D eigenvalue weighted by atomic mass is 16.5. The molecule has 1 aliphatic rings. The van der Waals surface area contributed by atoms with Crippen LogP contribution in [0.2, 0.25) is 0 Å². The quantitative estimate of drug-likeness (QED) is 0.860. The molecule has 0 unspecified atom stereocenters. The van der Waals surface area contributed by atoms with Gasteiger partial charge in [-0.1, -0.05) is 0 Å². The molecule has 0 radical (unpaired) electrons. The summed E-state index contributed by atoms with van der Waals surface area (Å²) in [6.45, 7) is 4.98. The average molecular weight is 237 g/mol. The van der Waals surface area contributed by atoms with E-state index < -0.39 is 0 Å². The van der Waals surface area contributed by atoms with Crippen LogP contribution in [0.5, 0.6) is 0 Å². The summed E-state index contributed by atoms with van der Waals surface area (Å²) in [7, 11) is 4.05. The number of hydrogen-bond donors (Lipinski definition) is 1. The Bertz CT molecular complexity index is 367. The van der Waals surface area contributed by atoms with Crippen LogP contribution in [-0.4, -0.2) is 36.6 Å². The fraction of sp³-hybridized carbons (Fsp3) is 0.769. The molecule has 1 fully saturated rings. The number of nitrogens with zero attached hydrogens (tertiary/aromatic N) is 2. The van der Waals surface area contributed by atoms with Gasteiger partial charge in [-0.25, -0.2) is 0 Å². The largest absolute Gasteiger partial charge is 0.381 e. The van der Waals surface area contributed by atoms with Crippen LogP contribution in [0.4, 0.5) is 0 Å². The van der Waals surface area contributed by atoms with Gasteiger partial charge < -0.3 is 10.1 Å². The minimum absolute atomic E-state index is 0.629. The Morgan fingerprint density at radius 3 is 2.76 bits per heavy atom. The summed E-state index contributed by atoms with van der Waals surface area (Å²) in [4.78, 5) is 0. The highest BCUT2D eigenvalue weighted by Gasteiger charge is 2.23. The van der Waals surface area contributed by atoms with Gasteiger partial charge in [-0.05, 0) is 32.4 Å². The normalized spacial score (nSPS) is 17.6. The Morgan fingerprint density at radius 1 is 1.41 bits per heavy atom. The van der Waals surface area contributed by atoms with E-state index in [1.54, 1.807) is 0 Å². The van der Waals surface area contributed by atoms with E-state index in [2.05, 4.69) is 29.1 Å². The summed E-state index contributed by atoms with van der Waals surface area (Å²) in [5.41, 5.74) is 4.04. The van der Waals surface area contributed by atoms with E-state index in [0.29, 0.717) is 5.92 Å². The summed E-state index contributed by atoms with van der Waals surface area (Å²) in [5.74, 6) is 0.629. The number of aryl methyl sites for hydroxylation is 1. The van der Waals surface area contributed by atoms with E-state index in [9.17, 15) is 0 Å². The molecule has 1 aromatic rings. The molecule has 2 rings (SSSR count). The highest BCUT2D eigenvalue weighted by Crippen LogP contribution is 2.30. The first-order valence-corrected chi connectivity index (χ1v) is 6.48. The molecule has 0 aliphatic carbocycles. The van der Waals surface area contributed by atoms with Crippen molar-refractivity contribution in [2.24, 2.45) is 7.05 Å². The van der Waals surface area contributed by atoms with Gasteiger partial charge in [0.2, 0.25) is 0 Å². The molecule has 1 aromatic heterocycles. The molecule has 0 bridgehead atoms. The van der Waals surface area contributed by atoms with Crippen LogP contribution in [0.1, 0.15) is 35.7 Å². The Hall–Kier alpha value is -0.870. The van der Waals surface area contributed by atoms with Gasteiger partial charge in [0, 0.05) is 44.8 Å². The average Bonchev–Trinajstić information content (AvgIpc) is 2.63. The van der Waals surface area contributed by atoms with E-state index in [0.717, 1.165) is 39.0 Å². The van der Waals surface area contributed by atoms with Gasteiger partial charge in [0.15, 0.2) is 0 Å². The summed E-state index contributed by atoms with van der Waals surface area (Å²) in [6.07, 6.45) is 3.27. The zero-order valence-electron chi connectivity index (χ0n) is 11.1. The molecular formula is C13H23N3O. The predicted octanol–water partition coefficient (Wildman–Crippen LogP) is 1.38.